The number of ether oxygens (including phenoxy) is 1. The van der Waals surface area contributed by atoms with Gasteiger partial charge in [0.1, 0.15) is 0 Å². The molecule has 1 fully saturated rings. The van der Waals surface area contributed by atoms with Crippen LogP contribution in [0.5, 0.6) is 0 Å². The van der Waals surface area contributed by atoms with E-state index in [2.05, 4.69) is 6.92 Å². The summed E-state index contributed by atoms with van der Waals surface area (Å²) in [5.74, 6) is 0.439. The average molecular weight is 158 g/mol. The van der Waals surface area contributed by atoms with E-state index in [1.54, 1.807) is 0 Å². The second kappa shape index (κ2) is 3.22. The molecule has 1 N–H and O–H groups in total. The van der Waals surface area contributed by atoms with Crippen molar-refractivity contribution in [1.29, 1.82) is 0 Å². The molecule has 0 aromatic rings. The highest BCUT2D eigenvalue weighted by Gasteiger charge is 2.36. The van der Waals surface area contributed by atoms with Crippen LogP contribution in [0.1, 0.15) is 19.8 Å². The lowest BCUT2D eigenvalue weighted by Gasteiger charge is -2.08. The smallest absolute Gasteiger partial charge is 0.332 e. The minimum absolute atomic E-state index is 0.580. The van der Waals surface area contributed by atoms with Gasteiger partial charge in [-0.05, 0) is 24.7 Å². The normalized spacial score (nSPS) is 31.5. The molecule has 0 spiro atoms. The molecule has 0 bridgehead atoms. The number of carboxylic acid groups (broad SMARTS) is 1. The molecule has 0 aliphatic heterocycles. The fourth-order valence-electron chi connectivity index (χ4n) is 1.30. The van der Waals surface area contributed by atoms with Crippen LogP contribution in [0.4, 0.5) is 0 Å². The van der Waals surface area contributed by atoms with Crippen LogP contribution < -0.4 is 0 Å². The topological polar surface area (TPSA) is 46.5 Å². The van der Waals surface area contributed by atoms with Gasteiger partial charge in [0, 0.05) is 7.11 Å². The number of methoxy groups -OCH3 is 1. The molecule has 3 heteroatoms. The van der Waals surface area contributed by atoms with Crippen LogP contribution in [0.3, 0.4) is 0 Å². The highest BCUT2D eigenvalue weighted by molar-refractivity contribution is 5.72. The Hall–Kier alpha value is -0.570. The van der Waals surface area contributed by atoms with Gasteiger partial charge in [-0.25, -0.2) is 4.79 Å². The van der Waals surface area contributed by atoms with Crippen molar-refractivity contribution in [1.82, 2.24) is 0 Å². The third-order valence-corrected chi connectivity index (χ3v) is 2.35. The average Bonchev–Trinajstić information content (AvgIpc) is 2.61. The molecule has 1 aliphatic rings. The highest BCUT2D eigenvalue weighted by Crippen LogP contribution is 2.41. The van der Waals surface area contributed by atoms with Crippen LogP contribution >= 0.6 is 0 Å². The lowest BCUT2D eigenvalue weighted by Crippen LogP contribution is -2.22. The van der Waals surface area contributed by atoms with Crippen molar-refractivity contribution in [3.05, 3.63) is 0 Å². The molecule has 1 saturated carbocycles. The maximum absolute atomic E-state index is 10.5. The van der Waals surface area contributed by atoms with Crippen LogP contribution in [0.15, 0.2) is 0 Å². The fraction of sp³-hybridized carbons (Fsp3) is 0.875. The van der Waals surface area contributed by atoms with Gasteiger partial charge in [-0.3, -0.25) is 0 Å². The van der Waals surface area contributed by atoms with Gasteiger partial charge in [0.15, 0.2) is 6.10 Å². The summed E-state index contributed by atoms with van der Waals surface area (Å²) in [6, 6.07) is 0. The molecule has 3 atom stereocenters. The molecule has 0 aromatic carbocycles. The SMILES string of the molecule is COC(CC1CC1C)C(=O)O. The van der Waals surface area contributed by atoms with Crippen molar-refractivity contribution in [2.45, 2.75) is 25.9 Å². The molecule has 0 heterocycles. The first kappa shape index (κ1) is 8.53. The molecule has 1 aliphatic carbocycles. The summed E-state index contributed by atoms with van der Waals surface area (Å²) >= 11 is 0. The van der Waals surface area contributed by atoms with Crippen molar-refractivity contribution in [2.24, 2.45) is 11.8 Å². The first-order valence-electron chi connectivity index (χ1n) is 3.90. The molecule has 0 amide bonds. The van der Waals surface area contributed by atoms with Gasteiger partial charge in [0.05, 0.1) is 0 Å². The summed E-state index contributed by atoms with van der Waals surface area (Å²) in [5.41, 5.74) is 0. The maximum atomic E-state index is 10.5. The Morgan fingerprint density at radius 2 is 2.36 bits per heavy atom. The van der Waals surface area contributed by atoms with E-state index in [4.69, 9.17) is 9.84 Å². The zero-order valence-corrected chi connectivity index (χ0v) is 6.91. The van der Waals surface area contributed by atoms with Gasteiger partial charge in [-0.15, -0.1) is 0 Å². The van der Waals surface area contributed by atoms with E-state index < -0.39 is 12.1 Å². The van der Waals surface area contributed by atoms with Crippen molar-refractivity contribution in [2.75, 3.05) is 7.11 Å². The van der Waals surface area contributed by atoms with Crippen LogP contribution in [-0.2, 0) is 9.53 Å². The predicted molar refractivity (Wildman–Crippen MR) is 40.3 cm³/mol. The van der Waals surface area contributed by atoms with Crippen LogP contribution in [0.2, 0.25) is 0 Å². The van der Waals surface area contributed by atoms with Gasteiger partial charge in [0.25, 0.3) is 0 Å². The Balaban J connectivity index is 2.27. The molecular weight excluding hydrogens is 144 g/mol. The van der Waals surface area contributed by atoms with E-state index in [0.29, 0.717) is 18.3 Å². The van der Waals surface area contributed by atoms with Gasteiger partial charge in [-0.2, -0.15) is 0 Å². The third kappa shape index (κ3) is 2.19. The summed E-state index contributed by atoms with van der Waals surface area (Å²) in [4.78, 5) is 10.5. The lowest BCUT2D eigenvalue weighted by atomic mass is 10.1. The van der Waals surface area contributed by atoms with Crippen LogP contribution in [0, 0.1) is 11.8 Å². The molecule has 3 nitrogen and oxygen atoms in total. The van der Waals surface area contributed by atoms with E-state index in [1.165, 1.54) is 7.11 Å². The van der Waals surface area contributed by atoms with Crippen molar-refractivity contribution in [3.8, 4) is 0 Å². The van der Waals surface area contributed by atoms with Gasteiger partial charge in [-0.1, -0.05) is 6.92 Å². The molecule has 64 valence electrons. The summed E-state index contributed by atoms with van der Waals surface area (Å²) in [6.07, 6.45) is 1.24. The minimum atomic E-state index is -0.841. The highest BCUT2D eigenvalue weighted by atomic mass is 16.5. The van der Waals surface area contributed by atoms with E-state index >= 15 is 0 Å². The van der Waals surface area contributed by atoms with Crippen LogP contribution in [0.25, 0.3) is 0 Å². The van der Waals surface area contributed by atoms with Gasteiger partial charge < -0.3 is 9.84 Å². The van der Waals surface area contributed by atoms with E-state index in [9.17, 15) is 4.79 Å². The van der Waals surface area contributed by atoms with Gasteiger partial charge in [0.2, 0.25) is 0 Å². The molecule has 3 unspecified atom stereocenters. The summed E-state index contributed by atoms with van der Waals surface area (Å²) in [5, 5.41) is 8.61. The van der Waals surface area contributed by atoms with E-state index in [1.807, 2.05) is 0 Å². The minimum Gasteiger partial charge on any atom is -0.479 e. The Morgan fingerprint density at radius 1 is 1.82 bits per heavy atom. The second-order valence-corrected chi connectivity index (χ2v) is 3.27. The number of hydrogen-bond donors (Lipinski definition) is 1. The predicted octanol–water partition coefficient (Wildman–Crippen LogP) is 1.13. The number of aliphatic carboxylic acids is 1. The van der Waals surface area contributed by atoms with Crippen molar-refractivity contribution < 1.29 is 14.6 Å². The second-order valence-electron chi connectivity index (χ2n) is 3.27. The molecule has 1 rings (SSSR count). The standard InChI is InChI=1S/C8H14O3/c1-5-3-6(5)4-7(11-2)8(9)10/h5-7H,3-4H2,1-2H3,(H,9,10). The summed E-state index contributed by atoms with van der Waals surface area (Å²) in [7, 11) is 1.45. The Kier molecular flexibility index (Phi) is 2.49. The zero-order chi connectivity index (χ0) is 8.43. The first-order chi connectivity index (χ1) is 5.15. The Labute approximate surface area is 66.4 Å². The Morgan fingerprint density at radius 3 is 2.64 bits per heavy atom. The van der Waals surface area contributed by atoms with E-state index in [-0.39, 0.29) is 0 Å². The fourth-order valence-corrected chi connectivity index (χ4v) is 1.30. The third-order valence-electron chi connectivity index (χ3n) is 2.35. The van der Waals surface area contributed by atoms with Crippen molar-refractivity contribution in [3.63, 3.8) is 0 Å². The molecular formula is C8H14O3. The number of rotatable bonds is 4. The van der Waals surface area contributed by atoms with Crippen LogP contribution in [-0.4, -0.2) is 24.3 Å². The Bertz CT molecular complexity index is 155. The maximum Gasteiger partial charge on any atom is 0.332 e. The number of carboxylic acids is 1. The molecule has 0 saturated heterocycles. The largest absolute Gasteiger partial charge is 0.479 e. The van der Waals surface area contributed by atoms with Crippen molar-refractivity contribution >= 4 is 5.97 Å². The zero-order valence-electron chi connectivity index (χ0n) is 6.91. The quantitative estimate of drug-likeness (QED) is 0.667. The number of hydrogen-bond acceptors (Lipinski definition) is 2. The lowest BCUT2D eigenvalue weighted by molar-refractivity contribution is -0.149. The van der Waals surface area contributed by atoms with E-state index in [0.717, 1.165) is 6.42 Å². The molecule has 0 aromatic heterocycles. The molecule has 11 heavy (non-hydrogen) atoms. The summed E-state index contributed by atoms with van der Waals surface area (Å²) < 4.78 is 4.81. The van der Waals surface area contributed by atoms with Gasteiger partial charge >= 0.3 is 5.97 Å². The summed E-state index contributed by atoms with van der Waals surface area (Å²) in [6.45, 7) is 2.14. The molecule has 0 radical (unpaired) electrons. The monoisotopic (exact) mass is 158 g/mol. The first-order valence-corrected chi connectivity index (χ1v) is 3.90. The number of carbonyl (C=O) groups is 1.